The highest BCUT2D eigenvalue weighted by atomic mass is 16.5. The molecule has 6 nitrogen and oxygen atoms in total. The summed E-state index contributed by atoms with van der Waals surface area (Å²) in [6.07, 6.45) is 2.52. The molecule has 1 amide bonds. The van der Waals surface area contributed by atoms with E-state index < -0.39 is 0 Å². The van der Waals surface area contributed by atoms with Gasteiger partial charge in [0.25, 0.3) is 5.91 Å². The average Bonchev–Trinajstić information content (AvgIpc) is 3.21. The van der Waals surface area contributed by atoms with E-state index in [0.717, 1.165) is 34.5 Å². The van der Waals surface area contributed by atoms with Gasteiger partial charge in [-0.05, 0) is 36.5 Å². The van der Waals surface area contributed by atoms with E-state index in [1.807, 2.05) is 18.2 Å². The topological polar surface area (TPSA) is 71.1 Å². The number of anilines is 1. The molecule has 4 rings (SSSR count). The zero-order valence-corrected chi connectivity index (χ0v) is 16.6. The number of ether oxygens (including phenoxy) is 1. The Labute approximate surface area is 164 Å². The van der Waals surface area contributed by atoms with Crippen molar-refractivity contribution < 1.29 is 9.53 Å². The van der Waals surface area contributed by atoms with Gasteiger partial charge < -0.3 is 4.74 Å². The van der Waals surface area contributed by atoms with Crippen LogP contribution < -0.4 is 9.64 Å². The quantitative estimate of drug-likeness (QED) is 0.729. The number of carbonyl (C=O) groups is 1. The number of hydrogen-bond acceptors (Lipinski definition) is 4. The molecule has 0 aliphatic carbocycles. The monoisotopic (exact) mass is 376 g/mol. The van der Waals surface area contributed by atoms with Gasteiger partial charge in [-0.1, -0.05) is 38.1 Å². The number of carbonyl (C=O) groups excluding carboxylic acids is 1. The highest BCUT2D eigenvalue weighted by Crippen LogP contribution is 2.43. The van der Waals surface area contributed by atoms with E-state index in [-0.39, 0.29) is 11.9 Å². The summed E-state index contributed by atoms with van der Waals surface area (Å²) in [7, 11) is 1.58. The molecule has 144 valence electrons. The van der Waals surface area contributed by atoms with Crippen molar-refractivity contribution in [3.05, 3.63) is 70.7 Å². The predicted octanol–water partition coefficient (Wildman–Crippen LogP) is 4.07. The molecule has 3 heterocycles. The van der Waals surface area contributed by atoms with Gasteiger partial charge in [-0.25, -0.2) is 4.98 Å². The van der Waals surface area contributed by atoms with Crippen molar-refractivity contribution in [1.82, 2.24) is 15.2 Å². The Morgan fingerprint density at radius 3 is 2.64 bits per heavy atom. The van der Waals surface area contributed by atoms with E-state index in [1.54, 1.807) is 24.3 Å². The van der Waals surface area contributed by atoms with Crippen LogP contribution in [0.2, 0.25) is 0 Å². The number of aromatic nitrogens is 3. The number of amides is 1. The number of rotatable bonds is 5. The lowest BCUT2D eigenvalue weighted by molar-refractivity contribution is 0.0988. The van der Waals surface area contributed by atoms with Gasteiger partial charge in [-0.2, -0.15) is 5.10 Å². The molecule has 2 aromatic heterocycles. The van der Waals surface area contributed by atoms with E-state index in [0.29, 0.717) is 17.5 Å². The zero-order valence-electron chi connectivity index (χ0n) is 16.6. The minimum atomic E-state index is -0.230. The van der Waals surface area contributed by atoms with Crippen molar-refractivity contribution in [2.45, 2.75) is 33.2 Å². The van der Waals surface area contributed by atoms with Crippen molar-refractivity contribution in [3.8, 4) is 5.88 Å². The molecule has 6 heteroatoms. The molecule has 3 aromatic rings. The molecule has 0 saturated carbocycles. The molecule has 0 radical (unpaired) electrons. The minimum Gasteiger partial charge on any atom is -0.481 e. The lowest BCUT2D eigenvalue weighted by Gasteiger charge is -2.27. The van der Waals surface area contributed by atoms with Gasteiger partial charge in [-0.15, -0.1) is 0 Å². The second kappa shape index (κ2) is 7.11. The van der Waals surface area contributed by atoms with Crippen LogP contribution in [0.3, 0.4) is 0 Å². The first-order valence-corrected chi connectivity index (χ1v) is 9.47. The Morgan fingerprint density at radius 1 is 1.21 bits per heavy atom. The maximum atomic E-state index is 13.3. The maximum Gasteiger partial charge on any atom is 0.280 e. The first-order valence-electron chi connectivity index (χ1n) is 9.47. The van der Waals surface area contributed by atoms with Crippen molar-refractivity contribution in [2.24, 2.45) is 5.92 Å². The van der Waals surface area contributed by atoms with Crippen LogP contribution in [0, 0.1) is 12.8 Å². The molecular weight excluding hydrogens is 352 g/mol. The number of aryl methyl sites for hydroxylation is 1. The number of fused-ring (bicyclic) bond motifs is 1. The summed E-state index contributed by atoms with van der Waals surface area (Å²) in [6.45, 7) is 6.40. The highest BCUT2D eigenvalue weighted by Gasteiger charge is 2.43. The smallest absolute Gasteiger partial charge is 0.280 e. The highest BCUT2D eigenvalue weighted by molar-refractivity contribution is 6.10. The second-order valence-corrected chi connectivity index (χ2v) is 7.56. The Hall–Kier alpha value is -3.15. The number of aromatic amines is 1. The summed E-state index contributed by atoms with van der Waals surface area (Å²) < 4.78 is 5.17. The molecule has 1 aliphatic rings. The number of hydrogen-bond donors (Lipinski definition) is 1. The van der Waals surface area contributed by atoms with E-state index in [4.69, 9.17) is 4.74 Å². The van der Waals surface area contributed by atoms with Crippen LogP contribution in [-0.2, 0) is 6.42 Å². The normalized spacial score (nSPS) is 16.0. The standard InChI is InChI=1S/C22H24N4O2/c1-13(2)11-17-19-20(25-24-17)22(27)26(15-9-10-18(28-4)23-12-15)21(19)16-8-6-5-7-14(16)3/h5-10,12-13,21H,11H2,1-4H3,(H,24,25). The molecule has 28 heavy (non-hydrogen) atoms. The molecule has 1 aromatic carbocycles. The van der Waals surface area contributed by atoms with Crippen LogP contribution in [0.5, 0.6) is 5.88 Å². The van der Waals surface area contributed by atoms with Crippen molar-refractivity contribution >= 4 is 11.6 Å². The van der Waals surface area contributed by atoms with Gasteiger partial charge in [-0.3, -0.25) is 14.8 Å². The van der Waals surface area contributed by atoms with E-state index in [2.05, 4.69) is 48.1 Å². The van der Waals surface area contributed by atoms with Gasteiger partial charge >= 0.3 is 0 Å². The zero-order chi connectivity index (χ0) is 19.8. The van der Waals surface area contributed by atoms with Crippen molar-refractivity contribution in [3.63, 3.8) is 0 Å². The van der Waals surface area contributed by atoms with Gasteiger partial charge in [0.05, 0.1) is 25.0 Å². The van der Waals surface area contributed by atoms with Crippen molar-refractivity contribution in [2.75, 3.05) is 12.0 Å². The van der Waals surface area contributed by atoms with Crippen LogP contribution in [-0.4, -0.2) is 28.2 Å². The van der Waals surface area contributed by atoms with E-state index in [9.17, 15) is 4.79 Å². The number of pyridine rings is 1. The van der Waals surface area contributed by atoms with Crippen LogP contribution in [0.1, 0.15) is 52.8 Å². The van der Waals surface area contributed by atoms with Gasteiger partial charge in [0, 0.05) is 17.3 Å². The molecule has 1 atom stereocenters. The summed E-state index contributed by atoms with van der Waals surface area (Å²) in [5.74, 6) is 0.858. The summed E-state index contributed by atoms with van der Waals surface area (Å²) in [6, 6.07) is 11.6. The van der Waals surface area contributed by atoms with E-state index in [1.165, 1.54) is 0 Å². The third-order valence-electron chi connectivity index (χ3n) is 5.14. The van der Waals surface area contributed by atoms with Gasteiger partial charge in [0.15, 0.2) is 5.69 Å². The molecule has 0 spiro atoms. The Morgan fingerprint density at radius 2 is 2.00 bits per heavy atom. The summed E-state index contributed by atoms with van der Waals surface area (Å²) >= 11 is 0. The molecule has 0 saturated heterocycles. The average molecular weight is 376 g/mol. The maximum absolute atomic E-state index is 13.3. The summed E-state index contributed by atoms with van der Waals surface area (Å²) in [5, 5.41) is 7.50. The number of nitrogens with one attached hydrogen (secondary N) is 1. The Bertz CT molecular complexity index is 1010. The summed E-state index contributed by atoms with van der Waals surface area (Å²) in [5.41, 5.74) is 5.46. The first kappa shape index (κ1) is 18.2. The van der Waals surface area contributed by atoms with Gasteiger partial charge in [0.1, 0.15) is 0 Å². The minimum absolute atomic E-state index is 0.110. The number of H-pyrrole nitrogens is 1. The van der Waals surface area contributed by atoms with Crippen LogP contribution in [0.15, 0.2) is 42.6 Å². The lowest BCUT2D eigenvalue weighted by atomic mass is 9.93. The molecule has 1 N–H and O–H groups in total. The van der Waals surface area contributed by atoms with Crippen molar-refractivity contribution in [1.29, 1.82) is 0 Å². The largest absolute Gasteiger partial charge is 0.481 e. The van der Waals surface area contributed by atoms with Crippen LogP contribution in [0.4, 0.5) is 5.69 Å². The Kier molecular flexibility index (Phi) is 4.63. The number of benzene rings is 1. The molecule has 1 aliphatic heterocycles. The van der Waals surface area contributed by atoms with E-state index >= 15 is 0 Å². The third kappa shape index (κ3) is 2.95. The fourth-order valence-electron chi connectivity index (χ4n) is 3.86. The van der Waals surface area contributed by atoms with Crippen LogP contribution >= 0.6 is 0 Å². The second-order valence-electron chi connectivity index (χ2n) is 7.56. The Balaban J connectivity index is 1.88. The van der Waals surface area contributed by atoms with Gasteiger partial charge in [0.2, 0.25) is 5.88 Å². The lowest BCUT2D eigenvalue weighted by Crippen LogP contribution is -2.30. The molecular formula is C22H24N4O2. The SMILES string of the molecule is COc1ccc(N2C(=O)c3n[nH]c(CC(C)C)c3C2c2ccccc2C)cn1. The van der Waals surface area contributed by atoms with Crippen LogP contribution in [0.25, 0.3) is 0 Å². The first-order chi connectivity index (χ1) is 13.5. The fraction of sp³-hybridized carbons (Fsp3) is 0.318. The summed E-state index contributed by atoms with van der Waals surface area (Å²) in [4.78, 5) is 19.4. The number of nitrogens with zero attached hydrogens (tertiary/aromatic N) is 3. The molecule has 0 bridgehead atoms. The molecule has 1 unspecified atom stereocenters. The predicted molar refractivity (Wildman–Crippen MR) is 108 cm³/mol. The fourth-order valence-corrected chi connectivity index (χ4v) is 3.86. The third-order valence-corrected chi connectivity index (χ3v) is 5.14. The number of methoxy groups -OCH3 is 1. The molecule has 0 fully saturated rings.